The number of nitrogens with zero attached hydrogens (tertiary/aromatic N) is 2. The van der Waals surface area contributed by atoms with Crippen molar-refractivity contribution in [3.63, 3.8) is 0 Å². The third-order valence-electron chi connectivity index (χ3n) is 5.40. The molecule has 2 atom stereocenters. The number of halogens is 1. The quantitative estimate of drug-likeness (QED) is 0.352. The first-order valence-electron chi connectivity index (χ1n) is 9.70. The largest absolute Gasteiger partial charge is 0.507 e. The van der Waals surface area contributed by atoms with Gasteiger partial charge in [-0.05, 0) is 48.4 Å². The van der Waals surface area contributed by atoms with E-state index >= 15 is 0 Å². The number of aromatic nitrogens is 1. The minimum Gasteiger partial charge on any atom is -0.507 e. The van der Waals surface area contributed by atoms with Crippen LogP contribution in [-0.4, -0.2) is 27.9 Å². The summed E-state index contributed by atoms with van der Waals surface area (Å²) in [6.45, 7) is 1.97. The molecule has 1 saturated heterocycles. The highest BCUT2D eigenvalue weighted by Crippen LogP contribution is 2.43. The standard InChI is InChI=1S/C23H17ClN2O4S/c1-12-9-15-10-14(5-6-17(15)30-12)20(27)18-19(13-3-2-4-16(24)11-13)26(22(29)21(18)28)23-25-7-8-31-23/h2-8,10-12,19,27H,9H2,1H3/b20-18+. The lowest BCUT2D eigenvalue weighted by molar-refractivity contribution is -0.132. The normalized spacial score (nSPS) is 21.9. The van der Waals surface area contributed by atoms with Gasteiger partial charge in [-0.2, -0.15) is 0 Å². The van der Waals surface area contributed by atoms with Crippen molar-refractivity contribution in [3.05, 3.63) is 81.3 Å². The average Bonchev–Trinajstić information content (AvgIpc) is 3.45. The average molecular weight is 453 g/mol. The second-order valence-corrected chi connectivity index (χ2v) is 8.80. The molecule has 1 aromatic heterocycles. The fourth-order valence-electron chi connectivity index (χ4n) is 4.08. The number of hydrogen-bond donors (Lipinski definition) is 1. The van der Waals surface area contributed by atoms with E-state index in [4.69, 9.17) is 16.3 Å². The van der Waals surface area contributed by atoms with Crippen molar-refractivity contribution in [1.29, 1.82) is 0 Å². The molecule has 31 heavy (non-hydrogen) atoms. The molecule has 5 rings (SSSR count). The Bertz CT molecular complexity index is 1240. The summed E-state index contributed by atoms with van der Waals surface area (Å²) in [4.78, 5) is 31.6. The second kappa shape index (κ2) is 7.51. The van der Waals surface area contributed by atoms with Crippen molar-refractivity contribution < 1.29 is 19.4 Å². The lowest BCUT2D eigenvalue weighted by Gasteiger charge is -2.23. The number of amides is 1. The van der Waals surface area contributed by atoms with Crippen molar-refractivity contribution >= 4 is 45.5 Å². The Morgan fingerprint density at radius 2 is 2.10 bits per heavy atom. The second-order valence-electron chi connectivity index (χ2n) is 7.49. The van der Waals surface area contributed by atoms with Crippen LogP contribution >= 0.6 is 22.9 Å². The van der Waals surface area contributed by atoms with Crippen molar-refractivity contribution in [2.75, 3.05) is 4.90 Å². The predicted octanol–water partition coefficient (Wildman–Crippen LogP) is 4.75. The first-order chi connectivity index (χ1) is 14.9. The van der Waals surface area contributed by atoms with Gasteiger partial charge in [0.2, 0.25) is 0 Å². The van der Waals surface area contributed by atoms with E-state index in [1.54, 1.807) is 54.0 Å². The fraction of sp³-hybridized carbons (Fsp3) is 0.174. The minimum atomic E-state index is -0.840. The molecule has 0 saturated carbocycles. The van der Waals surface area contributed by atoms with Gasteiger partial charge in [-0.15, -0.1) is 11.3 Å². The van der Waals surface area contributed by atoms with Crippen LogP contribution in [0.1, 0.15) is 29.7 Å². The van der Waals surface area contributed by atoms with E-state index in [-0.39, 0.29) is 17.4 Å². The summed E-state index contributed by atoms with van der Waals surface area (Å²) >= 11 is 7.44. The summed E-state index contributed by atoms with van der Waals surface area (Å²) in [5.74, 6) is -0.967. The number of thiazole rings is 1. The molecular formula is C23H17ClN2O4S. The molecule has 1 amide bonds. The molecular weight excluding hydrogens is 436 g/mol. The zero-order valence-electron chi connectivity index (χ0n) is 16.4. The molecule has 1 N–H and O–H groups in total. The van der Waals surface area contributed by atoms with Gasteiger partial charge in [0, 0.05) is 28.6 Å². The summed E-state index contributed by atoms with van der Waals surface area (Å²) < 4.78 is 5.73. The van der Waals surface area contributed by atoms with Crippen LogP contribution in [0.15, 0.2) is 59.6 Å². The molecule has 2 aromatic carbocycles. The highest BCUT2D eigenvalue weighted by atomic mass is 35.5. The topological polar surface area (TPSA) is 79.7 Å². The Labute approximate surface area is 187 Å². The number of carbonyl (C=O) groups excluding carboxylic acids is 2. The number of aliphatic hydroxyl groups excluding tert-OH is 1. The summed E-state index contributed by atoms with van der Waals surface area (Å²) in [7, 11) is 0. The molecule has 3 aromatic rings. The maximum absolute atomic E-state index is 13.1. The van der Waals surface area contributed by atoms with Crippen LogP contribution in [0.4, 0.5) is 5.13 Å². The zero-order valence-corrected chi connectivity index (χ0v) is 18.0. The Hall–Kier alpha value is -3.16. The number of benzene rings is 2. The Morgan fingerprint density at radius 1 is 1.26 bits per heavy atom. The van der Waals surface area contributed by atoms with Crippen molar-refractivity contribution in [2.45, 2.75) is 25.5 Å². The number of rotatable bonds is 3. The smallest absolute Gasteiger partial charge is 0.301 e. The van der Waals surface area contributed by atoms with Gasteiger partial charge in [0.05, 0.1) is 11.6 Å². The predicted molar refractivity (Wildman–Crippen MR) is 119 cm³/mol. The Morgan fingerprint density at radius 3 is 2.84 bits per heavy atom. The molecule has 0 radical (unpaired) electrons. The Kier molecular flexibility index (Phi) is 4.79. The summed E-state index contributed by atoms with van der Waals surface area (Å²) in [5, 5.41) is 13.8. The van der Waals surface area contributed by atoms with E-state index in [0.717, 1.165) is 11.3 Å². The highest BCUT2D eigenvalue weighted by molar-refractivity contribution is 7.14. The number of ketones is 1. The number of ether oxygens (including phenoxy) is 1. The molecule has 6 nitrogen and oxygen atoms in total. The van der Waals surface area contributed by atoms with E-state index in [1.807, 2.05) is 6.92 Å². The van der Waals surface area contributed by atoms with Crippen LogP contribution in [0.25, 0.3) is 5.76 Å². The maximum Gasteiger partial charge on any atom is 0.301 e. The van der Waals surface area contributed by atoms with Crippen LogP contribution in [0.3, 0.4) is 0 Å². The monoisotopic (exact) mass is 452 g/mol. The lowest BCUT2D eigenvalue weighted by Crippen LogP contribution is -2.29. The molecule has 156 valence electrons. The van der Waals surface area contributed by atoms with Gasteiger partial charge in [0.1, 0.15) is 17.6 Å². The van der Waals surface area contributed by atoms with Gasteiger partial charge >= 0.3 is 5.91 Å². The summed E-state index contributed by atoms with van der Waals surface area (Å²) in [6.07, 6.45) is 2.33. The zero-order chi connectivity index (χ0) is 21.7. The van der Waals surface area contributed by atoms with E-state index in [9.17, 15) is 14.7 Å². The van der Waals surface area contributed by atoms with Crippen molar-refractivity contribution in [3.8, 4) is 5.75 Å². The van der Waals surface area contributed by atoms with Crippen LogP contribution < -0.4 is 9.64 Å². The van der Waals surface area contributed by atoms with Gasteiger partial charge in [-0.3, -0.25) is 14.5 Å². The minimum absolute atomic E-state index is 0.00869. The number of anilines is 1. The molecule has 0 bridgehead atoms. The van der Waals surface area contributed by atoms with E-state index in [1.165, 1.54) is 16.2 Å². The Balaban J connectivity index is 1.69. The van der Waals surface area contributed by atoms with E-state index in [2.05, 4.69) is 4.98 Å². The molecule has 2 aliphatic rings. The van der Waals surface area contributed by atoms with Crippen molar-refractivity contribution in [2.24, 2.45) is 0 Å². The van der Waals surface area contributed by atoms with Crippen LogP contribution in [0.2, 0.25) is 5.02 Å². The molecule has 2 aliphatic heterocycles. The van der Waals surface area contributed by atoms with E-state index in [0.29, 0.717) is 27.7 Å². The molecule has 1 fully saturated rings. The summed E-state index contributed by atoms with van der Waals surface area (Å²) in [5.41, 5.74) is 2.03. The fourth-order valence-corrected chi connectivity index (χ4v) is 4.95. The molecule has 3 heterocycles. The third-order valence-corrected chi connectivity index (χ3v) is 6.41. The molecule has 2 unspecified atom stereocenters. The number of carbonyl (C=O) groups is 2. The highest BCUT2D eigenvalue weighted by Gasteiger charge is 2.48. The number of hydrogen-bond acceptors (Lipinski definition) is 6. The first kappa shape index (κ1) is 19.8. The van der Waals surface area contributed by atoms with E-state index < -0.39 is 17.7 Å². The SMILES string of the molecule is CC1Cc2cc(/C(O)=C3\C(=O)C(=O)N(c4nccs4)C3c3cccc(Cl)c3)ccc2O1. The molecule has 0 aliphatic carbocycles. The van der Waals surface area contributed by atoms with Crippen LogP contribution in [-0.2, 0) is 16.0 Å². The number of aliphatic hydroxyl groups is 1. The third kappa shape index (κ3) is 3.30. The lowest BCUT2D eigenvalue weighted by atomic mass is 9.94. The van der Waals surface area contributed by atoms with Gasteiger partial charge in [0.25, 0.3) is 5.78 Å². The van der Waals surface area contributed by atoms with Gasteiger partial charge in [0.15, 0.2) is 5.13 Å². The molecule has 0 spiro atoms. The van der Waals surface area contributed by atoms with Gasteiger partial charge < -0.3 is 9.84 Å². The van der Waals surface area contributed by atoms with Crippen LogP contribution in [0, 0.1) is 0 Å². The number of fused-ring (bicyclic) bond motifs is 1. The van der Waals surface area contributed by atoms with Gasteiger partial charge in [-0.25, -0.2) is 4.98 Å². The van der Waals surface area contributed by atoms with Crippen LogP contribution in [0.5, 0.6) is 5.75 Å². The number of Topliss-reactive ketones (excluding diaryl/α,β-unsaturated/α-hetero) is 1. The summed E-state index contributed by atoms with van der Waals surface area (Å²) in [6, 6.07) is 11.3. The first-order valence-corrected chi connectivity index (χ1v) is 11.0. The maximum atomic E-state index is 13.1. The van der Waals surface area contributed by atoms with Gasteiger partial charge in [-0.1, -0.05) is 23.7 Å². The molecule has 8 heteroatoms. The van der Waals surface area contributed by atoms with Crippen molar-refractivity contribution in [1.82, 2.24) is 4.98 Å².